The summed E-state index contributed by atoms with van der Waals surface area (Å²) in [5.74, 6) is 0.0746. The van der Waals surface area contributed by atoms with Gasteiger partial charge in [0.05, 0.1) is 6.61 Å². The number of fused-ring (bicyclic) bond motifs is 1. The fourth-order valence-corrected chi connectivity index (χ4v) is 3.14. The van der Waals surface area contributed by atoms with Crippen LogP contribution in [0.5, 0.6) is 5.75 Å². The Balaban J connectivity index is 0.00000312. The Kier molecular flexibility index (Phi) is 10.3. The smallest absolute Gasteiger partial charge is 0.786 e. The van der Waals surface area contributed by atoms with E-state index in [0.717, 1.165) is 12.8 Å². The molecule has 0 saturated heterocycles. The number of ether oxygens (including phenoxy) is 1. The SMILES string of the molecule is CCCCCCCCCCOc1ccc2c(c1)C(=O)/C(=C\[S-])C2=O.[Au+]. The number of Topliss-reactive ketones (excluding diaryl/α,β-unsaturated/α-hetero) is 2. The van der Waals surface area contributed by atoms with Crippen LogP contribution in [-0.2, 0) is 35.0 Å². The first-order chi connectivity index (χ1) is 11.7. The molecule has 0 amide bonds. The topological polar surface area (TPSA) is 43.4 Å². The van der Waals surface area contributed by atoms with Crippen LogP contribution < -0.4 is 4.74 Å². The van der Waals surface area contributed by atoms with Crippen LogP contribution >= 0.6 is 0 Å². The summed E-state index contributed by atoms with van der Waals surface area (Å²) in [6.45, 7) is 2.87. The van der Waals surface area contributed by atoms with E-state index in [1.807, 2.05) is 0 Å². The second-order valence-electron chi connectivity index (χ2n) is 6.22. The van der Waals surface area contributed by atoms with Gasteiger partial charge in [-0.2, -0.15) is 5.41 Å². The summed E-state index contributed by atoms with van der Waals surface area (Å²) in [6, 6.07) is 5.07. The second kappa shape index (κ2) is 11.6. The van der Waals surface area contributed by atoms with Gasteiger partial charge >= 0.3 is 22.4 Å². The molecule has 0 bridgehead atoms. The van der Waals surface area contributed by atoms with Crippen LogP contribution in [0.4, 0.5) is 0 Å². The molecule has 140 valence electrons. The quantitative estimate of drug-likeness (QED) is 0.137. The molecule has 0 atom stereocenters. The van der Waals surface area contributed by atoms with E-state index in [1.165, 1.54) is 43.9 Å². The monoisotopic (exact) mass is 542 g/mol. The van der Waals surface area contributed by atoms with Crippen molar-refractivity contribution < 1.29 is 36.7 Å². The summed E-state index contributed by atoms with van der Waals surface area (Å²) in [5, 5.41) is 1.17. The molecule has 0 heterocycles. The summed E-state index contributed by atoms with van der Waals surface area (Å²) in [6.07, 6.45) is 10.0. The number of benzene rings is 1. The van der Waals surface area contributed by atoms with E-state index < -0.39 is 0 Å². The van der Waals surface area contributed by atoms with Crippen LogP contribution in [0.2, 0.25) is 0 Å². The van der Waals surface area contributed by atoms with E-state index in [9.17, 15) is 9.59 Å². The molecule has 25 heavy (non-hydrogen) atoms. The Hall–Kier alpha value is -0.940. The predicted octanol–water partition coefficient (Wildman–Crippen LogP) is 5.01. The van der Waals surface area contributed by atoms with E-state index in [0.29, 0.717) is 23.5 Å². The first-order valence-electron chi connectivity index (χ1n) is 8.87. The molecular formula is C20H25AuO3S. The van der Waals surface area contributed by atoms with Crippen LogP contribution in [0.1, 0.15) is 79.0 Å². The van der Waals surface area contributed by atoms with Gasteiger partial charge in [0.25, 0.3) is 0 Å². The first-order valence-corrected chi connectivity index (χ1v) is 9.34. The van der Waals surface area contributed by atoms with E-state index in [2.05, 4.69) is 6.92 Å². The van der Waals surface area contributed by atoms with Crippen LogP contribution in [0.25, 0.3) is 0 Å². The molecular weight excluding hydrogens is 517 g/mol. The fraction of sp³-hybridized carbons (Fsp3) is 0.500. The van der Waals surface area contributed by atoms with Gasteiger partial charge in [0.1, 0.15) is 5.75 Å². The van der Waals surface area contributed by atoms with Crippen LogP contribution in [0, 0.1) is 0 Å². The molecule has 0 aliphatic heterocycles. The zero-order valence-electron chi connectivity index (χ0n) is 14.6. The van der Waals surface area contributed by atoms with Gasteiger partial charge in [-0.1, -0.05) is 51.9 Å². The molecule has 1 aromatic carbocycles. The van der Waals surface area contributed by atoms with Gasteiger partial charge in [-0.3, -0.25) is 9.59 Å². The Morgan fingerprint density at radius 3 is 2.16 bits per heavy atom. The van der Waals surface area contributed by atoms with Crippen molar-refractivity contribution in [2.45, 2.75) is 58.3 Å². The average Bonchev–Trinajstić information content (AvgIpc) is 2.83. The van der Waals surface area contributed by atoms with Crippen molar-refractivity contribution in [1.29, 1.82) is 0 Å². The maximum Gasteiger partial charge on any atom is 1.00 e. The van der Waals surface area contributed by atoms with Crippen LogP contribution in [0.15, 0.2) is 29.2 Å². The molecule has 5 heteroatoms. The molecule has 1 aliphatic carbocycles. The van der Waals surface area contributed by atoms with Crippen molar-refractivity contribution >= 4 is 24.2 Å². The molecule has 1 aromatic rings. The summed E-state index contributed by atoms with van der Waals surface area (Å²) in [7, 11) is 0. The maximum absolute atomic E-state index is 12.1. The van der Waals surface area contributed by atoms with Crippen molar-refractivity contribution in [3.8, 4) is 5.75 Å². The van der Waals surface area contributed by atoms with Crippen molar-refractivity contribution in [2.24, 2.45) is 0 Å². The van der Waals surface area contributed by atoms with Crippen molar-refractivity contribution in [3.05, 3.63) is 40.3 Å². The number of hydrogen-bond acceptors (Lipinski definition) is 4. The molecule has 0 spiro atoms. The Morgan fingerprint density at radius 2 is 1.52 bits per heavy atom. The summed E-state index contributed by atoms with van der Waals surface area (Å²) in [4.78, 5) is 24.1. The summed E-state index contributed by atoms with van der Waals surface area (Å²) >= 11 is 4.75. The molecule has 0 radical (unpaired) electrons. The van der Waals surface area contributed by atoms with Crippen molar-refractivity contribution in [2.75, 3.05) is 6.61 Å². The minimum atomic E-state index is -0.289. The molecule has 0 aromatic heterocycles. The second-order valence-corrected chi connectivity index (χ2v) is 6.46. The number of unbranched alkanes of at least 4 members (excludes halogenated alkanes) is 7. The number of allylic oxidation sites excluding steroid dienone is 1. The standard InChI is InChI=1S/C20H26O3S.Au/c1-2-3-4-5-6-7-8-9-12-23-15-10-11-16-17(13-15)20(22)18(14-24)19(16)21;/h10-11,13-14,24H,2-9,12H2,1H3;/q;+1/p-1/b18-14-;. The van der Waals surface area contributed by atoms with Gasteiger partial charge < -0.3 is 17.4 Å². The van der Waals surface area contributed by atoms with Crippen LogP contribution in [0.3, 0.4) is 0 Å². The molecule has 1 aliphatic rings. The molecule has 3 nitrogen and oxygen atoms in total. The third-order valence-corrected chi connectivity index (χ3v) is 4.59. The van der Waals surface area contributed by atoms with E-state index >= 15 is 0 Å². The molecule has 0 saturated carbocycles. The van der Waals surface area contributed by atoms with Gasteiger partial charge in [0.15, 0.2) is 11.6 Å². The average molecular weight is 542 g/mol. The first kappa shape index (κ1) is 22.1. The third kappa shape index (κ3) is 6.07. The number of rotatable bonds is 10. The number of carbonyl (C=O) groups excluding carboxylic acids is 2. The summed E-state index contributed by atoms with van der Waals surface area (Å²) < 4.78 is 5.72. The minimum Gasteiger partial charge on any atom is -0.786 e. The number of carbonyl (C=O) groups is 2. The Bertz CT molecular complexity index is 625. The Labute approximate surface area is 171 Å². The summed E-state index contributed by atoms with van der Waals surface area (Å²) in [5.41, 5.74) is 0.917. The Morgan fingerprint density at radius 1 is 0.920 bits per heavy atom. The molecule has 0 unspecified atom stereocenters. The predicted molar refractivity (Wildman–Crippen MR) is 98.7 cm³/mol. The maximum atomic E-state index is 12.1. The van der Waals surface area contributed by atoms with Gasteiger partial charge in [-0.05, 0) is 24.6 Å². The van der Waals surface area contributed by atoms with Gasteiger partial charge in [0.2, 0.25) is 0 Å². The molecule has 0 N–H and O–H groups in total. The van der Waals surface area contributed by atoms with E-state index in [-0.39, 0.29) is 39.5 Å². The number of hydrogen-bond donors (Lipinski definition) is 0. The minimum absolute atomic E-state index is 0. The van der Waals surface area contributed by atoms with E-state index in [1.54, 1.807) is 18.2 Å². The van der Waals surface area contributed by atoms with Gasteiger partial charge in [-0.25, -0.2) is 0 Å². The van der Waals surface area contributed by atoms with Gasteiger partial charge in [0, 0.05) is 16.7 Å². The zero-order valence-corrected chi connectivity index (χ0v) is 17.6. The normalized spacial score (nSPS) is 14.5. The molecule has 2 rings (SSSR count). The van der Waals surface area contributed by atoms with Gasteiger partial charge in [-0.15, -0.1) is 0 Å². The molecule has 0 fully saturated rings. The van der Waals surface area contributed by atoms with Crippen molar-refractivity contribution in [1.82, 2.24) is 0 Å². The van der Waals surface area contributed by atoms with Crippen LogP contribution in [-0.4, -0.2) is 18.2 Å². The van der Waals surface area contributed by atoms with Crippen molar-refractivity contribution in [3.63, 3.8) is 0 Å². The largest absolute Gasteiger partial charge is 1.00 e. The van der Waals surface area contributed by atoms with E-state index in [4.69, 9.17) is 17.4 Å². The number of ketones is 2. The third-order valence-electron chi connectivity index (χ3n) is 4.35. The zero-order chi connectivity index (χ0) is 17.4. The fourth-order valence-electron chi connectivity index (χ4n) is 2.93.